The fourth-order valence-corrected chi connectivity index (χ4v) is 3.66. The van der Waals surface area contributed by atoms with Crippen LogP contribution in [0.2, 0.25) is 0 Å². The molecule has 98 valence electrons. The summed E-state index contributed by atoms with van der Waals surface area (Å²) in [6, 6.07) is 13.8. The molecule has 19 heavy (non-hydrogen) atoms. The Morgan fingerprint density at radius 3 is 2.53 bits per heavy atom. The molecule has 3 rings (SSSR count). The summed E-state index contributed by atoms with van der Waals surface area (Å²) in [5, 5.41) is 0. The van der Waals surface area contributed by atoms with Crippen molar-refractivity contribution in [1.82, 2.24) is 0 Å². The Balaban J connectivity index is 1.77. The molecule has 0 fully saturated rings. The molecule has 1 aliphatic carbocycles. The standard InChI is InChI=1S/C16H17NOS/c17-15-6-8-16(9-7-15)19(18)11-12-4-5-13-2-1-3-14(13)10-12/h4-10H,1-3,11,17H2. The van der Waals surface area contributed by atoms with Crippen LogP contribution in [0.25, 0.3) is 0 Å². The molecular weight excluding hydrogens is 254 g/mol. The largest absolute Gasteiger partial charge is 0.399 e. The van der Waals surface area contributed by atoms with Crippen molar-refractivity contribution in [1.29, 1.82) is 0 Å². The third-order valence-electron chi connectivity index (χ3n) is 3.60. The Morgan fingerprint density at radius 1 is 1.00 bits per heavy atom. The van der Waals surface area contributed by atoms with Gasteiger partial charge in [0.05, 0.1) is 16.6 Å². The van der Waals surface area contributed by atoms with Crippen molar-refractivity contribution in [2.45, 2.75) is 29.9 Å². The maximum Gasteiger partial charge on any atom is 0.0574 e. The fraction of sp³-hybridized carbons (Fsp3) is 0.250. The molecule has 2 nitrogen and oxygen atoms in total. The van der Waals surface area contributed by atoms with Crippen molar-refractivity contribution in [3.63, 3.8) is 0 Å². The van der Waals surface area contributed by atoms with Gasteiger partial charge in [-0.1, -0.05) is 18.2 Å². The van der Waals surface area contributed by atoms with E-state index in [2.05, 4.69) is 18.2 Å². The van der Waals surface area contributed by atoms with Crippen LogP contribution in [0.15, 0.2) is 47.4 Å². The highest BCUT2D eigenvalue weighted by atomic mass is 32.2. The number of anilines is 1. The van der Waals surface area contributed by atoms with E-state index in [1.807, 2.05) is 12.1 Å². The van der Waals surface area contributed by atoms with Gasteiger partial charge in [0.25, 0.3) is 0 Å². The number of aryl methyl sites for hydroxylation is 2. The van der Waals surface area contributed by atoms with Crippen molar-refractivity contribution in [3.8, 4) is 0 Å². The minimum absolute atomic E-state index is 0.581. The normalized spacial score (nSPS) is 15.2. The highest BCUT2D eigenvalue weighted by Gasteiger charge is 2.12. The van der Waals surface area contributed by atoms with Gasteiger partial charge in [-0.15, -0.1) is 0 Å². The lowest BCUT2D eigenvalue weighted by Crippen LogP contribution is -1.98. The molecule has 2 aromatic rings. The summed E-state index contributed by atoms with van der Waals surface area (Å²) < 4.78 is 12.3. The molecule has 1 atom stereocenters. The first-order chi connectivity index (χ1) is 9.22. The average molecular weight is 271 g/mol. The van der Waals surface area contributed by atoms with Crippen LogP contribution in [-0.2, 0) is 29.4 Å². The summed E-state index contributed by atoms with van der Waals surface area (Å²) in [6.45, 7) is 0. The molecule has 3 heteroatoms. The van der Waals surface area contributed by atoms with Gasteiger partial charge < -0.3 is 5.73 Å². The van der Waals surface area contributed by atoms with E-state index in [1.165, 1.54) is 24.0 Å². The minimum atomic E-state index is -0.995. The van der Waals surface area contributed by atoms with Gasteiger partial charge in [0.15, 0.2) is 0 Å². The van der Waals surface area contributed by atoms with Crippen molar-refractivity contribution < 1.29 is 4.21 Å². The maximum absolute atomic E-state index is 12.3. The summed E-state index contributed by atoms with van der Waals surface area (Å²) in [5.74, 6) is 0.581. The molecule has 2 N–H and O–H groups in total. The summed E-state index contributed by atoms with van der Waals surface area (Å²) in [4.78, 5) is 0.842. The first-order valence-corrected chi connectivity index (χ1v) is 7.89. The first kappa shape index (κ1) is 12.4. The van der Waals surface area contributed by atoms with Crippen LogP contribution in [0.1, 0.15) is 23.1 Å². The molecule has 1 aliphatic rings. The molecule has 2 aromatic carbocycles. The van der Waals surface area contributed by atoms with Gasteiger partial charge in [0.1, 0.15) is 0 Å². The summed E-state index contributed by atoms with van der Waals surface area (Å²) in [7, 11) is -0.995. The minimum Gasteiger partial charge on any atom is -0.399 e. The first-order valence-electron chi connectivity index (χ1n) is 6.57. The monoisotopic (exact) mass is 271 g/mol. The van der Waals surface area contributed by atoms with Gasteiger partial charge in [0, 0.05) is 10.6 Å². The average Bonchev–Trinajstić information content (AvgIpc) is 2.87. The van der Waals surface area contributed by atoms with Gasteiger partial charge in [0.2, 0.25) is 0 Å². The Kier molecular flexibility index (Phi) is 3.38. The third-order valence-corrected chi connectivity index (χ3v) is 5.00. The molecule has 1 unspecified atom stereocenters. The summed E-state index contributed by atoms with van der Waals surface area (Å²) in [6.07, 6.45) is 3.61. The Hall–Kier alpha value is -1.61. The Labute approximate surface area is 116 Å². The van der Waals surface area contributed by atoms with Crippen molar-refractivity contribution in [2.24, 2.45) is 0 Å². The van der Waals surface area contributed by atoms with Gasteiger partial charge in [-0.3, -0.25) is 4.21 Å². The lowest BCUT2D eigenvalue weighted by molar-refractivity contribution is 0.682. The van der Waals surface area contributed by atoms with E-state index in [4.69, 9.17) is 5.73 Å². The molecule has 0 heterocycles. The number of fused-ring (bicyclic) bond motifs is 1. The topological polar surface area (TPSA) is 43.1 Å². The predicted octanol–water partition coefficient (Wildman–Crippen LogP) is 3.07. The Bertz CT molecular complexity index is 619. The maximum atomic E-state index is 12.3. The summed E-state index contributed by atoms with van der Waals surface area (Å²) >= 11 is 0. The van der Waals surface area contributed by atoms with Gasteiger partial charge >= 0.3 is 0 Å². The van der Waals surface area contributed by atoms with E-state index in [1.54, 1.807) is 12.1 Å². The number of hydrogen-bond donors (Lipinski definition) is 1. The van der Waals surface area contributed by atoms with Crippen LogP contribution in [0.4, 0.5) is 5.69 Å². The smallest absolute Gasteiger partial charge is 0.0574 e. The third kappa shape index (κ3) is 2.71. The van der Waals surface area contributed by atoms with E-state index >= 15 is 0 Å². The molecule has 0 spiro atoms. The number of nitrogen functional groups attached to an aromatic ring is 1. The van der Waals surface area contributed by atoms with Gasteiger partial charge in [-0.05, 0) is 60.2 Å². The quantitative estimate of drug-likeness (QED) is 0.872. The van der Waals surface area contributed by atoms with Crippen molar-refractivity contribution >= 4 is 16.5 Å². The molecule has 0 saturated heterocycles. The molecule has 0 bridgehead atoms. The van der Waals surface area contributed by atoms with E-state index in [-0.39, 0.29) is 0 Å². The molecular formula is C16H17NOS. The predicted molar refractivity (Wildman–Crippen MR) is 79.4 cm³/mol. The zero-order valence-corrected chi connectivity index (χ0v) is 11.6. The van der Waals surface area contributed by atoms with E-state index < -0.39 is 10.8 Å². The van der Waals surface area contributed by atoms with Crippen LogP contribution in [-0.4, -0.2) is 4.21 Å². The highest BCUT2D eigenvalue weighted by molar-refractivity contribution is 7.84. The van der Waals surface area contributed by atoms with Gasteiger partial charge in [-0.25, -0.2) is 0 Å². The molecule has 0 amide bonds. The SMILES string of the molecule is Nc1ccc(S(=O)Cc2ccc3c(c2)CCC3)cc1. The molecule has 0 aromatic heterocycles. The highest BCUT2D eigenvalue weighted by Crippen LogP contribution is 2.24. The van der Waals surface area contributed by atoms with Gasteiger partial charge in [-0.2, -0.15) is 0 Å². The van der Waals surface area contributed by atoms with Crippen LogP contribution >= 0.6 is 0 Å². The number of nitrogens with two attached hydrogens (primary N) is 1. The van der Waals surface area contributed by atoms with Crippen LogP contribution in [0.5, 0.6) is 0 Å². The lowest BCUT2D eigenvalue weighted by atomic mass is 10.1. The number of benzene rings is 2. The molecule has 0 saturated carbocycles. The van der Waals surface area contributed by atoms with Crippen molar-refractivity contribution in [2.75, 3.05) is 5.73 Å². The zero-order chi connectivity index (χ0) is 13.2. The second kappa shape index (κ2) is 5.17. The second-order valence-electron chi connectivity index (χ2n) is 5.02. The molecule has 0 radical (unpaired) electrons. The van der Waals surface area contributed by atoms with Crippen LogP contribution in [0.3, 0.4) is 0 Å². The summed E-state index contributed by atoms with van der Waals surface area (Å²) in [5.41, 5.74) is 10.4. The van der Waals surface area contributed by atoms with E-state index in [0.29, 0.717) is 11.4 Å². The number of rotatable bonds is 3. The zero-order valence-electron chi connectivity index (χ0n) is 10.8. The van der Waals surface area contributed by atoms with Crippen LogP contribution in [0, 0.1) is 0 Å². The lowest BCUT2D eigenvalue weighted by Gasteiger charge is -2.06. The van der Waals surface area contributed by atoms with E-state index in [0.717, 1.165) is 16.9 Å². The Morgan fingerprint density at radius 2 is 1.74 bits per heavy atom. The van der Waals surface area contributed by atoms with Crippen LogP contribution < -0.4 is 5.73 Å². The van der Waals surface area contributed by atoms with Crippen molar-refractivity contribution in [3.05, 3.63) is 59.2 Å². The number of hydrogen-bond acceptors (Lipinski definition) is 2. The second-order valence-corrected chi connectivity index (χ2v) is 6.47. The fourth-order valence-electron chi connectivity index (χ4n) is 2.57. The molecule has 0 aliphatic heterocycles. The van der Waals surface area contributed by atoms with E-state index in [9.17, 15) is 4.21 Å².